The van der Waals surface area contributed by atoms with Gasteiger partial charge in [0.1, 0.15) is 5.69 Å². The molecule has 1 aliphatic heterocycles. The van der Waals surface area contributed by atoms with Crippen LogP contribution in [0.1, 0.15) is 62.4 Å². The molecule has 2 heterocycles. The van der Waals surface area contributed by atoms with Crippen LogP contribution >= 0.6 is 0 Å². The van der Waals surface area contributed by atoms with Gasteiger partial charge in [0.15, 0.2) is 0 Å². The van der Waals surface area contributed by atoms with Gasteiger partial charge in [-0.15, -0.1) is 0 Å². The van der Waals surface area contributed by atoms with Crippen LogP contribution in [0.2, 0.25) is 0 Å². The standard InChI is InChI=1S/C18H27N3O/c1-14-8-11-21(12-9-14)18(22)17-13-16(7-10-19-17)20-15-5-3-2-4-6-15/h7,10,13-15H,2-6,8-9,11-12H2,1H3,(H,19,20). The Morgan fingerprint density at radius 2 is 1.91 bits per heavy atom. The number of nitrogens with one attached hydrogen (secondary N) is 1. The highest BCUT2D eigenvalue weighted by Gasteiger charge is 2.22. The highest BCUT2D eigenvalue weighted by molar-refractivity contribution is 5.93. The molecule has 4 heteroatoms. The van der Waals surface area contributed by atoms with Crippen molar-refractivity contribution in [2.24, 2.45) is 5.92 Å². The number of hydrogen-bond acceptors (Lipinski definition) is 3. The first-order chi connectivity index (χ1) is 10.7. The van der Waals surface area contributed by atoms with Crippen LogP contribution in [0.4, 0.5) is 5.69 Å². The van der Waals surface area contributed by atoms with Crippen molar-refractivity contribution in [2.45, 2.75) is 57.9 Å². The van der Waals surface area contributed by atoms with Gasteiger partial charge >= 0.3 is 0 Å². The zero-order valence-electron chi connectivity index (χ0n) is 13.6. The second kappa shape index (κ2) is 7.12. The van der Waals surface area contributed by atoms with Crippen LogP contribution < -0.4 is 5.32 Å². The molecule has 2 aliphatic rings. The molecule has 0 aromatic carbocycles. The molecule has 1 aromatic heterocycles. The Bertz CT molecular complexity index is 503. The summed E-state index contributed by atoms with van der Waals surface area (Å²) in [5.41, 5.74) is 1.62. The summed E-state index contributed by atoms with van der Waals surface area (Å²) in [6.07, 6.45) is 10.4. The van der Waals surface area contributed by atoms with Crippen molar-refractivity contribution in [3.05, 3.63) is 24.0 Å². The maximum atomic E-state index is 12.6. The number of amides is 1. The van der Waals surface area contributed by atoms with E-state index in [9.17, 15) is 4.79 Å². The number of carbonyl (C=O) groups is 1. The summed E-state index contributed by atoms with van der Waals surface area (Å²) in [5.74, 6) is 0.815. The fourth-order valence-electron chi connectivity index (χ4n) is 3.49. The Balaban J connectivity index is 1.63. The number of pyridine rings is 1. The van der Waals surface area contributed by atoms with Crippen molar-refractivity contribution in [3.8, 4) is 0 Å². The number of rotatable bonds is 3. The molecule has 120 valence electrons. The number of likely N-dealkylation sites (tertiary alicyclic amines) is 1. The largest absolute Gasteiger partial charge is 0.382 e. The Labute approximate surface area is 133 Å². The summed E-state index contributed by atoms with van der Waals surface area (Å²) < 4.78 is 0. The second-order valence-electron chi connectivity index (χ2n) is 6.88. The van der Waals surface area contributed by atoms with E-state index in [0.717, 1.165) is 37.5 Å². The zero-order chi connectivity index (χ0) is 15.4. The fourth-order valence-corrected chi connectivity index (χ4v) is 3.49. The number of carbonyl (C=O) groups excluding carboxylic acids is 1. The SMILES string of the molecule is CC1CCN(C(=O)c2cc(NC3CCCCC3)ccn2)CC1. The third-order valence-corrected chi connectivity index (χ3v) is 5.03. The van der Waals surface area contributed by atoms with Crippen LogP contribution in [0, 0.1) is 5.92 Å². The summed E-state index contributed by atoms with van der Waals surface area (Å²) in [4.78, 5) is 18.8. The molecule has 1 saturated carbocycles. The third-order valence-electron chi connectivity index (χ3n) is 5.03. The molecular formula is C18H27N3O. The molecule has 1 aromatic rings. The maximum absolute atomic E-state index is 12.6. The van der Waals surface area contributed by atoms with Crippen molar-refractivity contribution in [1.82, 2.24) is 9.88 Å². The minimum Gasteiger partial charge on any atom is -0.382 e. The molecule has 0 spiro atoms. The van der Waals surface area contributed by atoms with Gasteiger partial charge in [0.2, 0.25) is 0 Å². The predicted octanol–water partition coefficient (Wildman–Crippen LogP) is 3.70. The van der Waals surface area contributed by atoms with Gasteiger partial charge in [-0.2, -0.15) is 0 Å². The molecule has 2 fully saturated rings. The minimum atomic E-state index is 0.0826. The Morgan fingerprint density at radius 1 is 1.18 bits per heavy atom. The lowest BCUT2D eigenvalue weighted by atomic mass is 9.95. The Kier molecular flexibility index (Phi) is 4.96. The second-order valence-corrected chi connectivity index (χ2v) is 6.88. The normalized spacial score (nSPS) is 20.9. The van der Waals surface area contributed by atoms with Crippen molar-refractivity contribution in [2.75, 3.05) is 18.4 Å². The molecule has 0 bridgehead atoms. The van der Waals surface area contributed by atoms with Crippen LogP contribution in [0.15, 0.2) is 18.3 Å². The minimum absolute atomic E-state index is 0.0826. The lowest BCUT2D eigenvalue weighted by molar-refractivity contribution is 0.0691. The summed E-state index contributed by atoms with van der Waals surface area (Å²) in [5, 5.41) is 3.58. The van der Waals surface area contributed by atoms with Crippen LogP contribution in [0.5, 0.6) is 0 Å². The number of hydrogen-bond donors (Lipinski definition) is 1. The molecule has 0 unspecified atom stereocenters. The first-order valence-electron chi connectivity index (χ1n) is 8.74. The molecule has 4 nitrogen and oxygen atoms in total. The van der Waals surface area contributed by atoms with Gasteiger partial charge < -0.3 is 10.2 Å². The third kappa shape index (κ3) is 3.79. The van der Waals surface area contributed by atoms with E-state index in [1.165, 1.54) is 32.1 Å². The number of nitrogens with zero attached hydrogens (tertiary/aromatic N) is 2. The smallest absolute Gasteiger partial charge is 0.272 e. The van der Waals surface area contributed by atoms with E-state index in [1.807, 2.05) is 17.0 Å². The zero-order valence-corrected chi connectivity index (χ0v) is 13.6. The molecule has 0 atom stereocenters. The van der Waals surface area contributed by atoms with E-state index in [1.54, 1.807) is 6.20 Å². The quantitative estimate of drug-likeness (QED) is 0.926. The summed E-state index contributed by atoms with van der Waals surface area (Å²) in [6, 6.07) is 4.45. The van der Waals surface area contributed by atoms with Gasteiger partial charge in [0.05, 0.1) is 0 Å². The van der Waals surface area contributed by atoms with Gasteiger partial charge in [-0.05, 0) is 43.7 Å². The molecule has 1 amide bonds. The molecule has 22 heavy (non-hydrogen) atoms. The summed E-state index contributed by atoms with van der Waals surface area (Å²) in [7, 11) is 0. The van der Waals surface area contributed by atoms with Gasteiger partial charge in [0, 0.05) is 31.0 Å². The lowest BCUT2D eigenvalue weighted by Gasteiger charge is -2.30. The molecule has 1 N–H and O–H groups in total. The van der Waals surface area contributed by atoms with Gasteiger partial charge in [0.25, 0.3) is 5.91 Å². The fraction of sp³-hybridized carbons (Fsp3) is 0.667. The Hall–Kier alpha value is -1.58. The van der Waals surface area contributed by atoms with E-state index in [-0.39, 0.29) is 5.91 Å². The van der Waals surface area contributed by atoms with Crippen LogP contribution in [0.3, 0.4) is 0 Å². The van der Waals surface area contributed by atoms with Crippen molar-refractivity contribution in [3.63, 3.8) is 0 Å². The highest BCUT2D eigenvalue weighted by atomic mass is 16.2. The molecule has 3 rings (SSSR count). The predicted molar refractivity (Wildman–Crippen MR) is 89.0 cm³/mol. The number of aromatic nitrogens is 1. The molecule has 1 saturated heterocycles. The van der Waals surface area contributed by atoms with E-state index >= 15 is 0 Å². The number of piperidine rings is 1. The van der Waals surface area contributed by atoms with Gasteiger partial charge in [-0.3, -0.25) is 9.78 Å². The number of anilines is 1. The summed E-state index contributed by atoms with van der Waals surface area (Å²) in [6.45, 7) is 3.98. The van der Waals surface area contributed by atoms with Gasteiger partial charge in [-0.25, -0.2) is 0 Å². The highest BCUT2D eigenvalue weighted by Crippen LogP contribution is 2.22. The van der Waals surface area contributed by atoms with Crippen molar-refractivity contribution in [1.29, 1.82) is 0 Å². The summed E-state index contributed by atoms with van der Waals surface area (Å²) >= 11 is 0. The Morgan fingerprint density at radius 3 is 2.64 bits per heavy atom. The van der Waals surface area contributed by atoms with Crippen molar-refractivity contribution < 1.29 is 4.79 Å². The molecular weight excluding hydrogens is 274 g/mol. The van der Waals surface area contributed by atoms with E-state index in [0.29, 0.717) is 11.7 Å². The topological polar surface area (TPSA) is 45.2 Å². The average Bonchev–Trinajstić information content (AvgIpc) is 2.56. The van der Waals surface area contributed by atoms with E-state index in [2.05, 4.69) is 17.2 Å². The van der Waals surface area contributed by atoms with Crippen LogP contribution in [0.25, 0.3) is 0 Å². The maximum Gasteiger partial charge on any atom is 0.272 e. The van der Waals surface area contributed by atoms with Crippen LogP contribution in [-0.4, -0.2) is 34.9 Å². The van der Waals surface area contributed by atoms with E-state index in [4.69, 9.17) is 0 Å². The van der Waals surface area contributed by atoms with Crippen LogP contribution in [-0.2, 0) is 0 Å². The first-order valence-corrected chi connectivity index (χ1v) is 8.74. The van der Waals surface area contributed by atoms with Crippen molar-refractivity contribution >= 4 is 11.6 Å². The monoisotopic (exact) mass is 301 g/mol. The lowest BCUT2D eigenvalue weighted by Crippen LogP contribution is -2.38. The average molecular weight is 301 g/mol. The van der Waals surface area contributed by atoms with E-state index < -0.39 is 0 Å². The first kappa shape index (κ1) is 15.3. The molecule has 1 aliphatic carbocycles. The van der Waals surface area contributed by atoms with Gasteiger partial charge in [-0.1, -0.05) is 26.2 Å². The molecule has 0 radical (unpaired) electrons.